The lowest BCUT2D eigenvalue weighted by Gasteiger charge is -2.02. The summed E-state index contributed by atoms with van der Waals surface area (Å²) in [5.74, 6) is 0.958. The predicted molar refractivity (Wildman–Crippen MR) is 96.3 cm³/mol. The Morgan fingerprint density at radius 2 is 2.17 bits per heavy atom. The zero-order valence-electron chi connectivity index (χ0n) is 13.5. The molecular weight excluding hydrogens is 328 g/mol. The van der Waals surface area contributed by atoms with E-state index in [1.54, 1.807) is 7.11 Å². The van der Waals surface area contributed by atoms with Crippen molar-refractivity contribution < 1.29 is 19.3 Å². The maximum absolute atomic E-state index is 9.84. The molecule has 0 spiro atoms. The van der Waals surface area contributed by atoms with Crippen molar-refractivity contribution in [2.45, 2.75) is 0 Å². The van der Waals surface area contributed by atoms with Gasteiger partial charge in [0, 0.05) is 25.0 Å². The van der Waals surface area contributed by atoms with Crippen LogP contribution in [0.1, 0.15) is 0 Å². The van der Waals surface area contributed by atoms with E-state index in [1.807, 2.05) is 18.2 Å². The minimum Gasteiger partial charge on any atom is -0.507 e. The number of rotatable bonds is 8. The summed E-state index contributed by atoms with van der Waals surface area (Å²) in [7, 11) is 3.03. The highest BCUT2D eigenvalue weighted by Crippen LogP contribution is 2.30. The molecule has 1 aromatic carbocycles. The highest BCUT2D eigenvalue weighted by Gasteiger charge is 2.05. The van der Waals surface area contributed by atoms with Crippen molar-refractivity contribution >= 4 is 32.9 Å². The summed E-state index contributed by atoms with van der Waals surface area (Å²) in [5, 5.41) is 10.4. The molecular formula is C17H18N2O4S. The van der Waals surface area contributed by atoms with Gasteiger partial charge in [0.25, 0.3) is 0 Å². The standard InChI is InChI=1S/C17H18N2O4S/c1-11(15(20)7-12(2)22-4)9-18-17-19-14-6-5-13(23-10-21-3)8-16(14)24-17/h5-9,20H,1-2,10H2,3-4H3/b15-7+,18-9+. The molecule has 0 bridgehead atoms. The van der Waals surface area contributed by atoms with Crippen LogP contribution >= 0.6 is 11.3 Å². The molecule has 0 atom stereocenters. The molecule has 2 aromatic rings. The number of benzene rings is 1. The Labute approximate surface area is 144 Å². The van der Waals surface area contributed by atoms with E-state index in [9.17, 15) is 5.11 Å². The molecule has 1 heterocycles. The van der Waals surface area contributed by atoms with Crippen molar-refractivity contribution in [3.8, 4) is 5.75 Å². The van der Waals surface area contributed by atoms with E-state index in [2.05, 4.69) is 23.1 Å². The highest BCUT2D eigenvalue weighted by molar-refractivity contribution is 7.22. The summed E-state index contributed by atoms with van der Waals surface area (Å²) < 4.78 is 16.1. The quantitative estimate of drug-likeness (QED) is 0.336. The van der Waals surface area contributed by atoms with Crippen molar-refractivity contribution in [3.05, 3.63) is 54.5 Å². The number of allylic oxidation sites excluding steroid dienone is 2. The minimum absolute atomic E-state index is 0.0676. The molecule has 0 radical (unpaired) electrons. The van der Waals surface area contributed by atoms with Crippen LogP contribution in [0.3, 0.4) is 0 Å². The fraction of sp³-hybridized carbons (Fsp3) is 0.176. The van der Waals surface area contributed by atoms with Gasteiger partial charge in [0.15, 0.2) is 6.79 Å². The van der Waals surface area contributed by atoms with E-state index in [0.29, 0.717) is 22.2 Å². The summed E-state index contributed by atoms with van der Waals surface area (Å²) >= 11 is 1.40. The van der Waals surface area contributed by atoms with E-state index in [0.717, 1.165) is 10.2 Å². The molecule has 6 nitrogen and oxygen atoms in total. The number of aliphatic imine (C=N–C) groups is 1. The average Bonchev–Trinajstić information content (AvgIpc) is 2.99. The third kappa shape index (κ3) is 4.68. The maximum Gasteiger partial charge on any atom is 0.210 e. The molecule has 0 aliphatic heterocycles. The van der Waals surface area contributed by atoms with Gasteiger partial charge < -0.3 is 19.3 Å². The van der Waals surface area contributed by atoms with Crippen molar-refractivity contribution in [3.63, 3.8) is 0 Å². The second-order valence-electron chi connectivity index (χ2n) is 4.66. The molecule has 0 fully saturated rings. The van der Waals surface area contributed by atoms with Crippen LogP contribution in [0, 0.1) is 0 Å². The van der Waals surface area contributed by atoms with Gasteiger partial charge in [-0.25, -0.2) is 9.98 Å². The second kappa shape index (κ2) is 8.28. The van der Waals surface area contributed by atoms with Gasteiger partial charge in [0.05, 0.1) is 17.3 Å². The van der Waals surface area contributed by atoms with Gasteiger partial charge >= 0.3 is 0 Å². The van der Waals surface area contributed by atoms with Crippen LogP contribution in [0.2, 0.25) is 0 Å². The minimum atomic E-state index is -0.0676. The SMILES string of the molecule is C=C(/C=C(/O)C(=C)/C=N/c1nc2ccc(OCOC)cc2s1)OC. The Balaban J connectivity index is 2.13. The molecule has 24 heavy (non-hydrogen) atoms. The summed E-state index contributed by atoms with van der Waals surface area (Å²) in [4.78, 5) is 8.63. The zero-order chi connectivity index (χ0) is 17.5. The number of ether oxygens (including phenoxy) is 3. The number of methoxy groups -OCH3 is 2. The monoisotopic (exact) mass is 346 g/mol. The van der Waals surface area contributed by atoms with Crippen LogP contribution in [-0.4, -0.2) is 37.3 Å². The number of thiazole rings is 1. The zero-order valence-corrected chi connectivity index (χ0v) is 14.3. The Bertz CT molecular complexity index is 808. The first-order chi connectivity index (χ1) is 11.5. The maximum atomic E-state index is 9.84. The molecule has 0 saturated carbocycles. The number of aliphatic hydroxyl groups excluding tert-OH is 1. The molecule has 0 unspecified atom stereocenters. The van der Waals surface area contributed by atoms with Crippen LogP contribution < -0.4 is 4.74 Å². The lowest BCUT2D eigenvalue weighted by atomic mass is 10.2. The third-order valence-corrected chi connectivity index (χ3v) is 3.84. The van der Waals surface area contributed by atoms with Crippen molar-refractivity contribution in [1.29, 1.82) is 0 Å². The van der Waals surface area contributed by atoms with Gasteiger partial charge in [-0.3, -0.25) is 0 Å². The van der Waals surface area contributed by atoms with E-state index >= 15 is 0 Å². The number of nitrogens with zero attached hydrogens (tertiary/aromatic N) is 2. The Kier molecular flexibility index (Phi) is 6.11. The summed E-state index contributed by atoms with van der Waals surface area (Å²) in [6.07, 6.45) is 2.81. The predicted octanol–water partition coefficient (Wildman–Crippen LogP) is 4.14. The molecule has 0 amide bonds. The van der Waals surface area contributed by atoms with Gasteiger partial charge in [0.1, 0.15) is 17.3 Å². The largest absolute Gasteiger partial charge is 0.507 e. The molecule has 2 rings (SSSR count). The van der Waals surface area contributed by atoms with Crippen molar-refractivity contribution in [2.24, 2.45) is 4.99 Å². The smallest absolute Gasteiger partial charge is 0.210 e. The fourth-order valence-electron chi connectivity index (χ4n) is 1.67. The lowest BCUT2D eigenvalue weighted by molar-refractivity contribution is 0.0512. The molecule has 126 valence electrons. The van der Waals surface area contributed by atoms with Gasteiger partial charge in [-0.05, 0) is 18.2 Å². The van der Waals surface area contributed by atoms with Gasteiger partial charge in [0.2, 0.25) is 5.13 Å². The number of hydrogen-bond acceptors (Lipinski definition) is 7. The van der Waals surface area contributed by atoms with Crippen molar-refractivity contribution in [2.75, 3.05) is 21.0 Å². The van der Waals surface area contributed by atoms with E-state index in [1.165, 1.54) is 30.7 Å². The Morgan fingerprint density at radius 1 is 1.38 bits per heavy atom. The van der Waals surface area contributed by atoms with Crippen LogP contribution in [0.15, 0.2) is 59.5 Å². The highest BCUT2D eigenvalue weighted by atomic mass is 32.1. The normalized spacial score (nSPS) is 11.8. The van der Waals surface area contributed by atoms with Gasteiger partial charge in [-0.15, -0.1) is 0 Å². The van der Waals surface area contributed by atoms with E-state index in [4.69, 9.17) is 14.2 Å². The molecule has 0 aliphatic carbocycles. The van der Waals surface area contributed by atoms with Crippen LogP contribution in [0.4, 0.5) is 5.13 Å². The van der Waals surface area contributed by atoms with Crippen LogP contribution in [0.25, 0.3) is 10.2 Å². The molecule has 0 saturated heterocycles. The van der Waals surface area contributed by atoms with E-state index in [-0.39, 0.29) is 12.6 Å². The summed E-state index contributed by atoms with van der Waals surface area (Å²) in [5.41, 5.74) is 1.15. The first kappa shape index (κ1) is 17.7. The van der Waals surface area contributed by atoms with Gasteiger partial charge in [-0.1, -0.05) is 24.5 Å². The molecule has 1 aromatic heterocycles. The Hall–Kier alpha value is -2.64. The number of fused-ring (bicyclic) bond motifs is 1. The first-order valence-electron chi connectivity index (χ1n) is 6.92. The molecule has 1 N–H and O–H groups in total. The summed E-state index contributed by atoms with van der Waals surface area (Å²) in [6.45, 7) is 7.52. The topological polar surface area (TPSA) is 73.2 Å². The second-order valence-corrected chi connectivity index (χ2v) is 5.67. The number of hydrogen-bond donors (Lipinski definition) is 1. The Morgan fingerprint density at radius 3 is 2.88 bits per heavy atom. The number of aliphatic hydroxyl groups is 1. The van der Waals surface area contributed by atoms with E-state index < -0.39 is 0 Å². The third-order valence-electron chi connectivity index (χ3n) is 2.91. The average molecular weight is 346 g/mol. The fourth-order valence-corrected chi connectivity index (χ4v) is 2.51. The lowest BCUT2D eigenvalue weighted by Crippen LogP contribution is -1.98. The van der Waals surface area contributed by atoms with Crippen LogP contribution in [0.5, 0.6) is 5.75 Å². The first-order valence-corrected chi connectivity index (χ1v) is 7.74. The van der Waals surface area contributed by atoms with Crippen LogP contribution in [-0.2, 0) is 9.47 Å². The van der Waals surface area contributed by atoms with Gasteiger partial charge in [-0.2, -0.15) is 0 Å². The van der Waals surface area contributed by atoms with Crippen molar-refractivity contribution in [1.82, 2.24) is 4.98 Å². The number of aromatic nitrogens is 1. The molecule has 0 aliphatic rings. The molecule has 7 heteroatoms. The summed E-state index contributed by atoms with van der Waals surface area (Å²) in [6, 6.07) is 5.54.